The molecule has 0 spiro atoms. The van der Waals surface area contributed by atoms with Crippen LogP contribution in [0.25, 0.3) is 6.08 Å². The minimum atomic E-state index is -0.256. The number of hydrogen-bond acceptors (Lipinski definition) is 4. The summed E-state index contributed by atoms with van der Waals surface area (Å²) < 4.78 is 10.2. The molecule has 0 saturated carbocycles. The molecule has 2 amide bonds. The van der Waals surface area contributed by atoms with Crippen LogP contribution in [0.2, 0.25) is 0 Å². The Bertz CT molecular complexity index is 956. The van der Waals surface area contributed by atoms with E-state index in [1.807, 2.05) is 18.2 Å². The minimum Gasteiger partial charge on any atom is -0.472 e. The molecule has 3 aromatic rings. The lowest BCUT2D eigenvalue weighted by Crippen LogP contribution is -2.28. The van der Waals surface area contributed by atoms with Crippen molar-refractivity contribution in [1.29, 1.82) is 0 Å². The van der Waals surface area contributed by atoms with Gasteiger partial charge in [-0.25, -0.2) is 0 Å². The molecule has 0 radical (unpaired) electrons. The quantitative estimate of drug-likeness (QED) is 0.729. The number of anilines is 2. The first-order valence-electron chi connectivity index (χ1n) is 8.20. The van der Waals surface area contributed by atoms with Crippen LogP contribution in [0.15, 0.2) is 70.1 Å². The number of rotatable bonds is 4. The van der Waals surface area contributed by atoms with E-state index in [0.29, 0.717) is 18.0 Å². The summed E-state index contributed by atoms with van der Waals surface area (Å²) in [6, 6.07) is 10.7. The van der Waals surface area contributed by atoms with Crippen LogP contribution in [-0.4, -0.2) is 18.4 Å². The fourth-order valence-electron chi connectivity index (χ4n) is 2.93. The van der Waals surface area contributed by atoms with Crippen molar-refractivity contribution in [3.63, 3.8) is 0 Å². The molecule has 0 fully saturated rings. The van der Waals surface area contributed by atoms with E-state index in [-0.39, 0.29) is 11.8 Å². The number of carbonyl (C=O) groups excluding carboxylic acids is 2. The van der Waals surface area contributed by atoms with Crippen molar-refractivity contribution in [2.45, 2.75) is 6.42 Å². The first-order chi connectivity index (χ1) is 12.7. The van der Waals surface area contributed by atoms with Gasteiger partial charge >= 0.3 is 0 Å². The zero-order valence-electron chi connectivity index (χ0n) is 13.8. The van der Waals surface area contributed by atoms with E-state index in [1.54, 1.807) is 41.7 Å². The molecule has 1 aliphatic heterocycles. The largest absolute Gasteiger partial charge is 0.472 e. The average molecular weight is 348 g/mol. The Hall–Kier alpha value is -3.54. The summed E-state index contributed by atoms with van der Waals surface area (Å²) in [6.07, 6.45) is 8.45. The predicted octanol–water partition coefficient (Wildman–Crippen LogP) is 3.73. The van der Waals surface area contributed by atoms with Gasteiger partial charge in [0.1, 0.15) is 0 Å². The van der Waals surface area contributed by atoms with Crippen LogP contribution >= 0.6 is 0 Å². The van der Waals surface area contributed by atoms with Crippen LogP contribution in [-0.2, 0) is 11.2 Å². The van der Waals surface area contributed by atoms with Crippen LogP contribution in [0.5, 0.6) is 0 Å². The molecule has 26 heavy (non-hydrogen) atoms. The molecule has 3 heterocycles. The van der Waals surface area contributed by atoms with E-state index in [2.05, 4.69) is 5.32 Å². The summed E-state index contributed by atoms with van der Waals surface area (Å²) in [5, 5.41) is 2.81. The zero-order chi connectivity index (χ0) is 17.9. The number of nitrogens with zero attached hydrogens (tertiary/aromatic N) is 1. The van der Waals surface area contributed by atoms with Crippen LogP contribution in [0.4, 0.5) is 11.4 Å². The Morgan fingerprint density at radius 3 is 2.85 bits per heavy atom. The molecule has 0 bridgehead atoms. The van der Waals surface area contributed by atoms with Gasteiger partial charge in [0, 0.05) is 29.6 Å². The zero-order valence-corrected chi connectivity index (χ0v) is 13.8. The Balaban J connectivity index is 1.50. The van der Waals surface area contributed by atoms with Crippen molar-refractivity contribution in [2.75, 3.05) is 16.8 Å². The van der Waals surface area contributed by atoms with Gasteiger partial charge in [0.15, 0.2) is 5.76 Å². The Kier molecular flexibility index (Phi) is 4.15. The number of hydrogen-bond donors (Lipinski definition) is 1. The van der Waals surface area contributed by atoms with E-state index in [4.69, 9.17) is 8.83 Å². The van der Waals surface area contributed by atoms with Crippen molar-refractivity contribution in [1.82, 2.24) is 0 Å². The lowest BCUT2D eigenvalue weighted by Gasteiger charge is -2.16. The summed E-state index contributed by atoms with van der Waals surface area (Å²) >= 11 is 0. The molecule has 0 saturated heterocycles. The van der Waals surface area contributed by atoms with Gasteiger partial charge in [0.25, 0.3) is 5.91 Å². The number of nitrogens with one attached hydrogen (secondary N) is 1. The molecule has 2 aromatic heterocycles. The number of amides is 2. The average Bonchev–Trinajstić information content (AvgIpc) is 3.40. The van der Waals surface area contributed by atoms with Crippen LogP contribution in [0.1, 0.15) is 21.7 Å². The van der Waals surface area contributed by atoms with E-state index in [9.17, 15) is 9.59 Å². The number of furan rings is 2. The highest BCUT2D eigenvalue weighted by Crippen LogP contribution is 2.32. The number of carbonyl (C=O) groups is 2. The van der Waals surface area contributed by atoms with Crippen molar-refractivity contribution in [2.24, 2.45) is 0 Å². The summed E-state index contributed by atoms with van der Waals surface area (Å²) in [7, 11) is 0. The van der Waals surface area contributed by atoms with Crippen LogP contribution in [0, 0.1) is 0 Å². The molecule has 0 atom stereocenters. The van der Waals surface area contributed by atoms with E-state index in [0.717, 1.165) is 23.2 Å². The second kappa shape index (κ2) is 6.76. The van der Waals surface area contributed by atoms with Gasteiger partial charge in [-0.2, -0.15) is 0 Å². The molecule has 1 N–H and O–H groups in total. The molecule has 0 unspecified atom stereocenters. The maximum Gasteiger partial charge on any atom is 0.293 e. The van der Waals surface area contributed by atoms with E-state index < -0.39 is 0 Å². The first-order valence-corrected chi connectivity index (χ1v) is 8.20. The van der Waals surface area contributed by atoms with Gasteiger partial charge < -0.3 is 19.1 Å². The molecule has 1 aromatic carbocycles. The van der Waals surface area contributed by atoms with Crippen LogP contribution < -0.4 is 10.2 Å². The molecule has 6 nitrogen and oxygen atoms in total. The monoisotopic (exact) mass is 348 g/mol. The predicted molar refractivity (Wildman–Crippen MR) is 96.9 cm³/mol. The van der Waals surface area contributed by atoms with Crippen molar-refractivity contribution in [3.05, 3.63) is 78.2 Å². The Morgan fingerprint density at radius 2 is 2.08 bits per heavy atom. The second-order valence-electron chi connectivity index (χ2n) is 5.91. The van der Waals surface area contributed by atoms with Gasteiger partial charge in [-0.05, 0) is 48.4 Å². The van der Waals surface area contributed by atoms with Gasteiger partial charge in [-0.15, -0.1) is 0 Å². The van der Waals surface area contributed by atoms with E-state index in [1.165, 1.54) is 12.3 Å². The van der Waals surface area contributed by atoms with Crippen LogP contribution in [0.3, 0.4) is 0 Å². The van der Waals surface area contributed by atoms with Gasteiger partial charge in [0.2, 0.25) is 5.91 Å². The third-order valence-electron chi connectivity index (χ3n) is 4.20. The third kappa shape index (κ3) is 3.17. The lowest BCUT2D eigenvalue weighted by atomic mass is 10.1. The molecule has 130 valence electrons. The normalized spacial score (nSPS) is 13.2. The number of benzene rings is 1. The minimum absolute atomic E-state index is 0.183. The van der Waals surface area contributed by atoms with E-state index >= 15 is 0 Å². The maximum absolute atomic E-state index is 12.6. The van der Waals surface area contributed by atoms with Gasteiger partial charge in [-0.3, -0.25) is 9.59 Å². The summed E-state index contributed by atoms with van der Waals surface area (Å²) in [4.78, 5) is 26.3. The smallest absolute Gasteiger partial charge is 0.293 e. The Labute approximate surface area is 149 Å². The first kappa shape index (κ1) is 16.0. The SMILES string of the molecule is O=C(/C=C/c1ccoc1)Nc1ccc2c(c1)N(C(=O)c1ccco1)CC2. The summed E-state index contributed by atoms with van der Waals surface area (Å²) in [5.74, 6) is -0.138. The molecular formula is C20H16N2O4. The van der Waals surface area contributed by atoms with Gasteiger partial charge in [-0.1, -0.05) is 6.07 Å². The Morgan fingerprint density at radius 1 is 1.15 bits per heavy atom. The summed E-state index contributed by atoms with van der Waals surface area (Å²) in [6.45, 7) is 0.590. The van der Waals surface area contributed by atoms with Gasteiger partial charge in [0.05, 0.1) is 18.8 Å². The molecule has 6 heteroatoms. The maximum atomic E-state index is 12.6. The van der Waals surface area contributed by atoms with Crippen molar-refractivity contribution >= 4 is 29.3 Å². The highest BCUT2D eigenvalue weighted by molar-refractivity contribution is 6.06. The standard InChI is InChI=1S/C20H16N2O4/c23-19(6-3-14-8-11-25-13-14)21-16-5-4-15-7-9-22(17(15)12-16)20(24)18-2-1-10-26-18/h1-6,8,10-13H,7,9H2,(H,21,23)/b6-3+. The lowest BCUT2D eigenvalue weighted by molar-refractivity contribution is -0.111. The van der Waals surface area contributed by atoms with Crippen molar-refractivity contribution < 1.29 is 18.4 Å². The third-order valence-corrected chi connectivity index (χ3v) is 4.20. The highest BCUT2D eigenvalue weighted by Gasteiger charge is 2.27. The molecule has 4 rings (SSSR count). The second-order valence-corrected chi connectivity index (χ2v) is 5.91. The summed E-state index contributed by atoms with van der Waals surface area (Å²) in [5.41, 5.74) is 3.30. The molecule has 1 aliphatic rings. The topological polar surface area (TPSA) is 75.7 Å². The van der Waals surface area contributed by atoms with Crippen molar-refractivity contribution in [3.8, 4) is 0 Å². The fraction of sp³-hybridized carbons (Fsp3) is 0.100. The molecular weight excluding hydrogens is 332 g/mol. The highest BCUT2D eigenvalue weighted by atomic mass is 16.3. The fourth-order valence-corrected chi connectivity index (χ4v) is 2.93. The number of fused-ring (bicyclic) bond motifs is 1. The molecule has 0 aliphatic carbocycles.